The summed E-state index contributed by atoms with van der Waals surface area (Å²) in [5.41, 5.74) is 0. The van der Waals surface area contributed by atoms with Gasteiger partial charge in [0.25, 0.3) is 0 Å². The van der Waals surface area contributed by atoms with Crippen LogP contribution in [0.25, 0.3) is 0 Å². The van der Waals surface area contributed by atoms with Crippen LogP contribution in [-0.2, 0) is 14.3 Å². The van der Waals surface area contributed by atoms with Crippen molar-refractivity contribution in [3.05, 3.63) is 0 Å². The second-order valence-corrected chi connectivity index (χ2v) is 5.00. The Hall–Kier alpha value is -0.610. The van der Waals surface area contributed by atoms with Crippen LogP contribution < -0.4 is 0 Å². The van der Waals surface area contributed by atoms with Crippen molar-refractivity contribution in [1.82, 2.24) is 0 Å². The van der Waals surface area contributed by atoms with Crippen LogP contribution >= 0.6 is 0 Å². The van der Waals surface area contributed by atoms with Gasteiger partial charge in [-0.25, -0.2) is 0 Å². The Labute approximate surface area is 110 Å². The lowest BCUT2D eigenvalue weighted by atomic mass is 10.0. The molecule has 0 radical (unpaired) electrons. The zero-order valence-corrected chi connectivity index (χ0v) is 11.4. The number of hydrogen-bond acceptors (Lipinski definition) is 4. The van der Waals surface area contributed by atoms with Gasteiger partial charge in [-0.15, -0.1) is 0 Å². The van der Waals surface area contributed by atoms with Crippen molar-refractivity contribution in [2.24, 2.45) is 0 Å². The molecule has 0 saturated carbocycles. The molecule has 0 aromatic carbocycles. The first kappa shape index (κ1) is 15.4. The van der Waals surface area contributed by atoms with E-state index in [2.05, 4.69) is 4.74 Å². The number of hydrogen-bond donors (Lipinski definition) is 1. The Balaban J connectivity index is 1.87. The predicted octanol–water partition coefficient (Wildman–Crippen LogP) is 2.43. The third-order valence-corrected chi connectivity index (χ3v) is 3.50. The van der Waals surface area contributed by atoms with Gasteiger partial charge in [0.05, 0.1) is 19.3 Å². The van der Waals surface area contributed by atoms with Crippen LogP contribution in [0.3, 0.4) is 0 Å². The first-order valence-electron chi connectivity index (χ1n) is 7.10. The Morgan fingerprint density at radius 1 is 1.33 bits per heavy atom. The summed E-state index contributed by atoms with van der Waals surface area (Å²) in [5.74, 6) is -0.121. The molecule has 1 heterocycles. The maximum atomic E-state index is 10.9. The quantitative estimate of drug-likeness (QED) is 0.510. The lowest BCUT2D eigenvalue weighted by molar-refractivity contribution is -0.140. The molecule has 1 aliphatic heterocycles. The first-order chi connectivity index (χ1) is 8.74. The maximum absolute atomic E-state index is 10.9. The fourth-order valence-electron chi connectivity index (χ4n) is 2.35. The molecular weight excluding hydrogens is 232 g/mol. The van der Waals surface area contributed by atoms with E-state index in [1.807, 2.05) is 0 Å². The summed E-state index contributed by atoms with van der Waals surface area (Å²) < 4.78 is 10.0. The number of carbonyl (C=O) groups excluding carboxylic acids is 1. The van der Waals surface area contributed by atoms with E-state index in [0.717, 1.165) is 58.0 Å². The molecule has 1 saturated heterocycles. The highest BCUT2D eigenvalue weighted by atomic mass is 16.5. The van der Waals surface area contributed by atoms with E-state index in [0.29, 0.717) is 6.42 Å². The van der Waals surface area contributed by atoms with Crippen molar-refractivity contribution in [2.75, 3.05) is 13.7 Å². The highest BCUT2D eigenvalue weighted by Gasteiger charge is 2.23. The standard InChI is InChI=1S/C14H26O4/c1-17-14(16)10-6-4-2-3-5-8-12(15)13-9-7-11-18-13/h12-13,15H,2-11H2,1H3/t12?,13-/m1/s1. The third-order valence-electron chi connectivity index (χ3n) is 3.50. The third kappa shape index (κ3) is 6.36. The van der Waals surface area contributed by atoms with E-state index in [9.17, 15) is 9.90 Å². The number of methoxy groups -OCH3 is 1. The van der Waals surface area contributed by atoms with Gasteiger partial charge in [-0.2, -0.15) is 0 Å². The smallest absolute Gasteiger partial charge is 0.305 e. The lowest BCUT2D eigenvalue weighted by Crippen LogP contribution is -2.24. The van der Waals surface area contributed by atoms with Gasteiger partial charge < -0.3 is 14.6 Å². The highest BCUT2D eigenvalue weighted by molar-refractivity contribution is 5.68. The van der Waals surface area contributed by atoms with Gasteiger partial charge in [-0.1, -0.05) is 25.7 Å². The van der Waals surface area contributed by atoms with Crippen molar-refractivity contribution >= 4 is 5.97 Å². The molecule has 18 heavy (non-hydrogen) atoms. The first-order valence-corrected chi connectivity index (χ1v) is 7.10. The SMILES string of the molecule is COC(=O)CCCCCCCC(O)[C@H]1CCCO1. The van der Waals surface area contributed by atoms with E-state index >= 15 is 0 Å². The Morgan fingerprint density at radius 2 is 2.06 bits per heavy atom. The summed E-state index contributed by atoms with van der Waals surface area (Å²) in [7, 11) is 1.43. The normalized spacial score (nSPS) is 20.9. The molecule has 106 valence electrons. The Kier molecular flexibility index (Phi) is 8.01. The van der Waals surface area contributed by atoms with Crippen LogP contribution in [0.2, 0.25) is 0 Å². The molecule has 0 aromatic heterocycles. The maximum Gasteiger partial charge on any atom is 0.305 e. The number of unbranched alkanes of at least 4 members (excludes halogenated alkanes) is 4. The minimum absolute atomic E-state index is 0.0734. The number of ether oxygens (including phenoxy) is 2. The van der Waals surface area contributed by atoms with Gasteiger partial charge >= 0.3 is 5.97 Å². The van der Waals surface area contributed by atoms with Crippen molar-refractivity contribution in [2.45, 2.75) is 70.0 Å². The molecule has 1 aliphatic rings. The molecule has 4 nitrogen and oxygen atoms in total. The van der Waals surface area contributed by atoms with Gasteiger partial charge in [0.1, 0.15) is 0 Å². The monoisotopic (exact) mass is 258 g/mol. The Morgan fingerprint density at radius 3 is 2.72 bits per heavy atom. The van der Waals surface area contributed by atoms with Crippen LogP contribution in [0.5, 0.6) is 0 Å². The van der Waals surface area contributed by atoms with Crippen molar-refractivity contribution in [3.8, 4) is 0 Å². The molecule has 1 unspecified atom stereocenters. The van der Waals surface area contributed by atoms with Crippen molar-refractivity contribution < 1.29 is 19.4 Å². The van der Waals surface area contributed by atoms with Gasteiger partial charge in [0.15, 0.2) is 0 Å². The molecular formula is C14H26O4. The van der Waals surface area contributed by atoms with Crippen LogP contribution in [0.1, 0.15) is 57.8 Å². The van der Waals surface area contributed by atoms with Crippen LogP contribution in [0.15, 0.2) is 0 Å². The molecule has 4 heteroatoms. The topological polar surface area (TPSA) is 55.8 Å². The summed E-state index contributed by atoms with van der Waals surface area (Å²) >= 11 is 0. The second-order valence-electron chi connectivity index (χ2n) is 5.00. The van der Waals surface area contributed by atoms with Crippen LogP contribution in [0, 0.1) is 0 Å². The number of esters is 1. The van der Waals surface area contributed by atoms with Crippen molar-refractivity contribution in [1.29, 1.82) is 0 Å². The van der Waals surface area contributed by atoms with Crippen molar-refractivity contribution in [3.63, 3.8) is 0 Å². The molecule has 1 fully saturated rings. The van der Waals surface area contributed by atoms with E-state index < -0.39 is 0 Å². The summed E-state index contributed by atoms with van der Waals surface area (Å²) in [6.45, 7) is 0.801. The average Bonchev–Trinajstić information content (AvgIpc) is 2.91. The molecule has 0 amide bonds. The molecule has 1 N–H and O–H groups in total. The van der Waals surface area contributed by atoms with Gasteiger partial charge in [0, 0.05) is 13.0 Å². The fourth-order valence-corrected chi connectivity index (χ4v) is 2.35. The number of rotatable bonds is 9. The van der Waals surface area contributed by atoms with Crippen LogP contribution in [0.4, 0.5) is 0 Å². The summed E-state index contributed by atoms with van der Waals surface area (Å²) in [5, 5.41) is 9.87. The van der Waals surface area contributed by atoms with Gasteiger partial charge in [-0.05, 0) is 25.7 Å². The van der Waals surface area contributed by atoms with Gasteiger partial charge in [-0.3, -0.25) is 4.79 Å². The summed E-state index contributed by atoms with van der Waals surface area (Å²) in [4.78, 5) is 10.9. The zero-order valence-electron chi connectivity index (χ0n) is 11.4. The lowest BCUT2D eigenvalue weighted by Gasteiger charge is -2.16. The molecule has 0 aliphatic carbocycles. The van der Waals surface area contributed by atoms with Crippen LogP contribution in [-0.4, -0.2) is 37.0 Å². The van der Waals surface area contributed by atoms with Gasteiger partial charge in [0.2, 0.25) is 0 Å². The molecule has 0 spiro atoms. The zero-order chi connectivity index (χ0) is 13.2. The molecule has 2 atom stereocenters. The summed E-state index contributed by atoms with van der Waals surface area (Å²) in [6.07, 6.45) is 8.46. The molecule has 1 rings (SSSR count). The average molecular weight is 258 g/mol. The van der Waals surface area contributed by atoms with E-state index in [1.54, 1.807) is 0 Å². The molecule has 0 aromatic rings. The molecule has 0 bridgehead atoms. The summed E-state index contributed by atoms with van der Waals surface area (Å²) in [6, 6.07) is 0. The highest BCUT2D eigenvalue weighted by Crippen LogP contribution is 2.19. The number of aliphatic hydroxyl groups excluding tert-OH is 1. The Bertz CT molecular complexity index is 224. The van der Waals surface area contributed by atoms with E-state index in [-0.39, 0.29) is 18.2 Å². The number of aliphatic hydroxyl groups is 1. The van der Waals surface area contributed by atoms with E-state index in [1.165, 1.54) is 7.11 Å². The second kappa shape index (κ2) is 9.34. The predicted molar refractivity (Wildman–Crippen MR) is 69.3 cm³/mol. The minimum Gasteiger partial charge on any atom is -0.469 e. The number of carbonyl (C=O) groups is 1. The minimum atomic E-state index is -0.289. The van der Waals surface area contributed by atoms with E-state index in [4.69, 9.17) is 4.74 Å². The largest absolute Gasteiger partial charge is 0.469 e. The fraction of sp³-hybridized carbons (Fsp3) is 0.929.